The van der Waals surface area contributed by atoms with Crippen LogP contribution in [0.25, 0.3) is 0 Å². The number of piperidine rings is 1. The molecule has 1 spiro atoms. The molecule has 0 aromatic rings. The molecule has 4 nitrogen and oxygen atoms in total. The van der Waals surface area contributed by atoms with Gasteiger partial charge in [-0.05, 0) is 18.3 Å². The largest absolute Gasteiger partial charge is 0.273 e. The minimum absolute atomic E-state index is 0.0238. The third kappa shape index (κ3) is 1.35. The Hall–Kier alpha value is -0.900. The lowest BCUT2D eigenvalue weighted by atomic mass is 9.77. The lowest BCUT2D eigenvalue weighted by Crippen LogP contribution is -2.50. The summed E-state index contributed by atoms with van der Waals surface area (Å²) in [7, 11) is 0. The Bertz CT molecular complexity index is 236. The van der Waals surface area contributed by atoms with Gasteiger partial charge in [-0.15, -0.1) is 0 Å². The minimum atomic E-state index is -0.210. The summed E-state index contributed by atoms with van der Waals surface area (Å²) in [6, 6.07) is 0. The quantitative estimate of drug-likeness (QED) is 0.338. The Kier molecular flexibility index (Phi) is 1.87. The fourth-order valence-electron chi connectivity index (χ4n) is 2.49. The van der Waals surface area contributed by atoms with Gasteiger partial charge in [0.2, 0.25) is 11.8 Å². The molecule has 1 heterocycles. The van der Waals surface area contributed by atoms with Crippen molar-refractivity contribution in [1.82, 2.24) is 5.01 Å². The van der Waals surface area contributed by atoms with Gasteiger partial charge in [-0.3, -0.25) is 9.59 Å². The van der Waals surface area contributed by atoms with E-state index in [9.17, 15) is 9.59 Å². The third-order valence-corrected chi connectivity index (χ3v) is 3.25. The summed E-state index contributed by atoms with van der Waals surface area (Å²) in [5, 5.41) is 0.781. The monoisotopic (exact) mass is 182 g/mol. The number of nitrogens with two attached hydrogens (primary N) is 1. The van der Waals surface area contributed by atoms with Crippen molar-refractivity contribution in [2.45, 2.75) is 38.5 Å². The van der Waals surface area contributed by atoms with Gasteiger partial charge in [-0.1, -0.05) is 12.8 Å². The summed E-state index contributed by atoms with van der Waals surface area (Å²) in [5.74, 6) is 4.89. The molecular formula is C9H14N2O2. The van der Waals surface area contributed by atoms with Crippen LogP contribution in [0, 0.1) is 5.41 Å². The third-order valence-electron chi connectivity index (χ3n) is 3.25. The first-order valence-corrected chi connectivity index (χ1v) is 4.73. The molecule has 0 unspecified atom stereocenters. The van der Waals surface area contributed by atoms with Crippen LogP contribution in [-0.4, -0.2) is 16.8 Å². The van der Waals surface area contributed by atoms with Crippen LogP contribution in [0.15, 0.2) is 0 Å². The maximum Gasteiger partial charge on any atom is 0.244 e. The standard InChI is InChI=1S/C9H14N2O2/c10-11-7(12)5-9(6-8(11)13)3-1-2-4-9/h1-6,10H2. The molecule has 0 radical (unpaired) electrons. The van der Waals surface area contributed by atoms with E-state index in [1.54, 1.807) is 0 Å². The highest BCUT2D eigenvalue weighted by molar-refractivity contribution is 5.97. The molecule has 1 saturated heterocycles. The van der Waals surface area contributed by atoms with Crippen LogP contribution in [0.3, 0.4) is 0 Å². The fourth-order valence-corrected chi connectivity index (χ4v) is 2.49. The molecule has 2 N–H and O–H groups in total. The molecule has 0 aromatic heterocycles. The van der Waals surface area contributed by atoms with E-state index >= 15 is 0 Å². The van der Waals surface area contributed by atoms with Crippen molar-refractivity contribution < 1.29 is 9.59 Å². The van der Waals surface area contributed by atoms with E-state index in [-0.39, 0.29) is 17.2 Å². The van der Waals surface area contributed by atoms with E-state index in [2.05, 4.69) is 0 Å². The number of hydrogen-bond donors (Lipinski definition) is 1. The van der Waals surface area contributed by atoms with Gasteiger partial charge in [-0.25, -0.2) is 10.9 Å². The second kappa shape index (κ2) is 2.80. The molecule has 2 amide bonds. The smallest absolute Gasteiger partial charge is 0.244 e. The molecule has 1 aliphatic heterocycles. The second-order valence-corrected chi connectivity index (χ2v) is 4.22. The van der Waals surface area contributed by atoms with Gasteiger partial charge in [0.15, 0.2) is 0 Å². The van der Waals surface area contributed by atoms with Crippen LogP contribution in [0.1, 0.15) is 38.5 Å². The first-order valence-electron chi connectivity index (χ1n) is 4.73. The van der Waals surface area contributed by atoms with Crippen LogP contribution in [-0.2, 0) is 9.59 Å². The predicted octanol–water partition coefficient (Wildman–Crippen LogP) is 0.569. The van der Waals surface area contributed by atoms with Crippen molar-refractivity contribution in [1.29, 1.82) is 0 Å². The zero-order valence-electron chi connectivity index (χ0n) is 7.58. The first kappa shape index (κ1) is 8.69. The van der Waals surface area contributed by atoms with Gasteiger partial charge in [0.05, 0.1) is 0 Å². The highest BCUT2D eigenvalue weighted by Crippen LogP contribution is 2.46. The molecule has 72 valence electrons. The fraction of sp³-hybridized carbons (Fsp3) is 0.778. The summed E-state index contributed by atoms with van der Waals surface area (Å²) in [4.78, 5) is 22.7. The Morgan fingerprint density at radius 2 is 1.54 bits per heavy atom. The number of carbonyl (C=O) groups is 2. The van der Waals surface area contributed by atoms with Gasteiger partial charge >= 0.3 is 0 Å². The Morgan fingerprint density at radius 3 is 2.00 bits per heavy atom. The molecule has 0 aromatic carbocycles. The maximum atomic E-state index is 11.3. The van der Waals surface area contributed by atoms with Gasteiger partial charge in [-0.2, -0.15) is 0 Å². The zero-order valence-corrected chi connectivity index (χ0v) is 7.58. The van der Waals surface area contributed by atoms with Crippen molar-refractivity contribution in [3.8, 4) is 0 Å². The number of carbonyl (C=O) groups excluding carboxylic acids is 2. The van der Waals surface area contributed by atoms with Crippen molar-refractivity contribution in [3.05, 3.63) is 0 Å². The van der Waals surface area contributed by atoms with Crippen molar-refractivity contribution in [3.63, 3.8) is 0 Å². The van der Waals surface area contributed by atoms with Gasteiger partial charge < -0.3 is 0 Å². The van der Waals surface area contributed by atoms with E-state index in [1.807, 2.05) is 0 Å². The predicted molar refractivity (Wildman–Crippen MR) is 46.2 cm³/mol. The number of rotatable bonds is 0. The first-order chi connectivity index (χ1) is 6.13. The summed E-state index contributed by atoms with van der Waals surface area (Å²) >= 11 is 0. The van der Waals surface area contributed by atoms with Crippen molar-refractivity contribution >= 4 is 11.8 Å². The summed E-state index contributed by atoms with van der Waals surface area (Å²) in [5.41, 5.74) is -0.0238. The van der Waals surface area contributed by atoms with E-state index in [4.69, 9.17) is 5.84 Å². The molecule has 2 rings (SSSR count). The number of amides is 2. The van der Waals surface area contributed by atoms with Crippen LogP contribution in [0.2, 0.25) is 0 Å². The Labute approximate surface area is 77.0 Å². The molecule has 1 saturated carbocycles. The number of hydrogen-bond acceptors (Lipinski definition) is 3. The summed E-state index contributed by atoms with van der Waals surface area (Å²) in [6.45, 7) is 0. The lowest BCUT2D eigenvalue weighted by Gasteiger charge is -2.34. The highest BCUT2D eigenvalue weighted by Gasteiger charge is 2.44. The summed E-state index contributed by atoms with van der Waals surface area (Å²) < 4.78 is 0. The Morgan fingerprint density at radius 1 is 1.08 bits per heavy atom. The van der Waals surface area contributed by atoms with Gasteiger partial charge in [0, 0.05) is 12.8 Å². The molecule has 2 fully saturated rings. The highest BCUT2D eigenvalue weighted by atomic mass is 16.2. The molecule has 0 bridgehead atoms. The van der Waals surface area contributed by atoms with E-state index in [0.29, 0.717) is 12.8 Å². The van der Waals surface area contributed by atoms with Crippen LogP contribution >= 0.6 is 0 Å². The topological polar surface area (TPSA) is 63.4 Å². The SMILES string of the molecule is NN1C(=O)CC2(CCCC2)CC1=O. The number of nitrogens with zero attached hydrogens (tertiary/aromatic N) is 1. The number of imide groups is 1. The average molecular weight is 182 g/mol. The molecule has 0 atom stereocenters. The average Bonchev–Trinajstić information content (AvgIpc) is 2.49. The lowest BCUT2D eigenvalue weighted by molar-refractivity contribution is -0.153. The molecule has 4 heteroatoms. The van der Waals surface area contributed by atoms with E-state index in [1.165, 1.54) is 0 Å². The van der Waals surface area contributed by atoms with E-state index < -0.39 is 0 Å². The normalized spacial score (nSPS) is 27.3. The Balaban J connectivity index is 2.17. The maximum absolute atomic E-state index is 11.3. The van der Waals surface area contributed by atoms with Gasteiger partial charge in [0.1, 0.15) is 0 Å². The van der Waals surface area contributed by atoms with Crippen molar-refractivity contribution in [2.75, 3.05) is 0 Å². The molecule has 13 heavy (non-hydrogen) atoms. The van der Waals surface area contributed by atoms with Crippen molar-refractivity contribution in [2.24, 2.45) is 11.3 Å². The van der Waals surface area contributed by atoms with Gasteiger partial charge in [0.25, 0.3) is 0 Å². The molecule has 1 aliphatic carbocycles. The second-order valence-electron chi connectivity index (χ2n) is 4.22. The zero-order chi connectivity index (χ0) is 9.47. The van der Waals surface area contributed by atoms with Crippen LogP contribution < -0.4 is 5.84 Å². The van der Waals surface area contributed by atoms with E-state index in [0.717, 1.165) is 30.7 Å². The molecule has 2 aliphatic rings. The van der Waals surface area contributed by atoms with Crippen LogP contribution in [0.4, 0.5) is 0 Å². The number of hydrazine groups is 1. The molecular weight excluding hydrogens is 168 g/mol. The minimum Gasteiger partial charge on any atom is -0.273 e. The van der Waals surface area contributed by atoms with Crippen LogP contribution in [0.5, 0.6) is 0 Å². The summed E-state index contributed by atoms with van der Waals surface area (Å²) in [6.07, 6.45) is 5.25.